The maximum Gasteiger partial charge on any atom is 0.416 e. The van der Waals surface area contributed by atoms with Crippen LogP contribution in [0.4, 0.5) is 13.2 Å². The van der Waals surface area contributed by atoms with E-state index < -0.39 is 11.7 Å². The molecule has 4 aromatic rings. The molecule has 132 valence electrons. The summed E-state index contributed by atoms with van der Waals surface area (Å²) < 4.78 is 39.0. The summed E-state index contributed by atoms with van der Waals surface area (Å²) in [4.78, 5) is 9.21. The highest BCUT2D eigenvalue weighted by Crippen LogP contribution is 2.34. The molecule has 7 heteroatoms. The van der Waals surface area contributed by atoms with Crippen LogP contribution in [-0.2, 0) is 12.6 Å². The summed E-state index contributed by atoms with van der Waals surface area (Å²) in [5.41, 5.74) is 2.62. The zero-order valence-corrected chi connectivity index (χ0v) is 15.1. The molecule has 0 atom stereocenters. The van der Waals surface area contributed by atoms with E-state index >= 15 is 0 Å². The molecule has 0 bridgehead atoms. The average Bonchev–Trinajstić information content (AvgIpc) is 3.00. The molecule has 0 saturated carbocycles. The molecule has 0 aliphatic heterocycles. The number of alkyl halides is 3. The van der Waals surface area contributed by atoms with E-state index in [1.54, 1.807) is 6.07 Å². The third-order valence-corrected chi connectivity index (χ3v) is 5.47. The first kappa shape index (κ1) is 17.2. The van der Waals surface area contributed by atoms with Gasteiger partial charge in [0.05, 0.1) is 26.5 Å². The molecule has 0 amide bonds. The van der Waals surface area contributed by atoms with Crippen molar-refractivity contribution in [3.63, 3.8) is 0 Å². The van der Waals surface area contributed by atoms with Gasteiger partial charge in [0.2, 0.25) is 0 Å². The molecule has 0 aliphatic carbocycles. The number of rotatable bonds is 2. The SMILES string of the molecule is Cc1nc2ccc(Cl)cc2c2sc(Cc3ccc(C(F)(F)F)cc3)nc12. The Kier molecular flexibility index (Phi) is 4.12. The van der Waals surface area contributed by atoms with E-state index in [1.807, 2.05) is 19.1 Å². The Morgan fingerprint density at radius 3 is 2.46 bits per heavy atom. The first-order chi connectivity index (χ1) is 12.3. The molecule has 0 N–H and O–H groups in total. The fourth-order valence-corrected chi connectivity index (χ4v) is 4.22. The molecule has 2 nitrogen and oxygen atoms in total. The second-order valence-corrected chi connectivity index (χ2v) is 7.54. The second-order valence-electron chi connectivity index (χ2n) is 6.02. The summed E-state index contributed by atoms with van der Waals surface area (Å²) >= 11 is 7.63. The van der Waals surface area contributed by atoms with E-state index in [4.69, 9.17) is 11.6 Å². The molecule has 4 rings (SSSR count). The van der Waals surface area contributed by atoms with Crippen molar-refractivity contribution < 1.29 is 13.2 Å². The van der Waals surface area contributed by atoms with Gasteiger partial charge in [-0.25, -0.2) is 4.98 Å². The minimum absolute atomic E-state index is 0.471. The fraction of sp³-hybridized carbons (Fsp3) is 0.158. The molecule has 26 heavy (non-hydrogen) atoms. The van der Waals surface area contributed by atoms with E-state index in [1.165, 1.54) is 23.5 Å². The number of nitrogens with zero attached hydrogens (tertiary/aromatic N) is 2. The number of halogens is 4. The molecule has 2 aromatic heterocycles. The van der Waals surface area contributed by atoms with Crippen LogP contribution < -0.4 is 0 Å². The predicted octanol–water partition coefficient (Wildman–Crippen LogP) is 6.42. The maximum atomic E-state index is 12.7. The maximum absolute atomic E-state index is 12.7. The van der Waals surface area contributed by atoms with Crippen LogP contribution in [0.25, 0.3) is 21.1 Å². The lowest BCUT2D eigenvalue weighted by molar-refractivity contribution is -0.137. The lowest BCUT2D eigenvalue weighted by atomic mass is 10.1. The number of aryl methyl sites for hydroxylation is 1. The van der Waals surface area contributed by atoms with Crippen molar-refractivity contribution in [3.05, 3.63) is 69.3 Å². The van der Waals surface area contributed by atoms with Crippen LogP contribution in [0.1, 0.15) is 21.8 Å². The van der Waals surface area contributed by atoms with Crippen LogP contribution in [0, 0.1) is 6.92 Å². The van der Waals surface area contributed by atoms with Crippen molar-refractivity contribution in [2.75, 3.05) is 0 Å². The van der Waals surface area contributed by atoms with Gasteiger partial charge in [-0.3, -0.25) is 4.98 Å². The third kappa shape index (κ3) is 3.15. The Balaban J connectivity index is 1.75. The van der Waals surface area contributed by atoms with Crippen LogP contribution in [0.15, 0.2) is 42.5 Å². The molecular formula is C19H12ClF3N2S. The smallest absolute Gasteiger partial charge is 0.251 e. The van der Waals surface area contributed by atoms with Gasteiger partial charge in [0.1, 0.15) is 5.52 Å². The van der Waals surface area contributed by atoms with E-state index in [-0.39, 0.29) is 0 Å². The number of aromatic nitrogens is 2. The average molecular weight is 393 g/mol. The summed E-state index contributed by atoms with van der Waals surface area (Å²) in [7, 11) is 0. The Bertz CT molecular complexity index is 1120. The van der Waals surface area contributed by atoms with Gasteiger partial charge in [-0.05, 0) is 42.8 Å². The molecule has 2 heterocycles. The highest BCUT2D eigenvalue weighted by atomic mass is 35.5. The molecule has 0 spiro atoms. The van der Waals surface area contributed by atoms with Gasteiger partial charge in [0.15, 0.2) is 0 Å². The highest BCUT2D eigenvalue weighted by Gasteiger charge is 2.29. The Labute approximate surface area is 156 Å². The number of thiazole rings is 1. The normalized spacial score (nSPS) is 12.2. The van der Waals surface area contributed by atoms with Crippen molar-refractivity contribution >= 4 is 44.1 Å². The number of pyridine rings is 1. The highest BCUT2D eigenvalue weighted by molar-refractivity contribution is 7.19. The van der Waals surface area contributed by atoms with Crippen LogP contribution in [-0.4, -0.2) is 9.97 Å². The van der Waals surface area contributed by atoms with Crippen LogP contribution in [0.5, 0.6) is 0 Å². The number of hydrogen-bond acceptors (Lipinski definition) is 3. The Hall–Kier alpha value is -2.18. The van der Waals surface area contributed by atoms with Gasteiger partial charge < -0.3 is 0 Å². The van der Waals surface area contributed by atoms with Gasteiger partial charge in [-0.1, -0.05) is 23.7 Å². The van der Waals surface area contributed by atoms with E-state index in [2.05, 4.69) is 9.97 Å². The second kappa shape index (κ2) is 6.21. The largest absolute Gasteiger partial charge is 0.416 e. The van der Waals surface area contributed by atoms with Gasteiger partial charge in [0.25, 0.3) is 0 Å². The predicted molar refractivity (Wildman–Crippen MR) is 98.9 cm³/mol. The number of hydrogen-bond donors (Lipinski definition) is 0. The number of benzene rings is 2. The summed E-state index contributed by atoms with van der Waals surface area (Å²) in [5, 5.41) is 2.40. The lowest BCUT2D eigenvalue weighted by Crippen LogP contribution is -2.04. The van der Waals surface area contributed by atoms with E-state index in [0.29, 0.717) is 11.4 Å². The van der Waals surface area contributed by atoms with E-state index in [0.717, 1.165) is 49.5 Å². The summed E-state index contributed by atoms with van der Waals surface area (Å²) in [6, 6.07) is 10.7. The van der Waals surface area contributed by atoms with Crippen LogP contribution >= 0.6 is 22.9 Å². The first-order valence-corrected chi connectivity index (χ1v) is 9.02. The summed E-state index contributed by atoms with van der Waals surface area (Å²) in [5.74, 6) is 0. The van der Waals surface area contributed by atoms with Gasteiger partial charge >= 0.3 is 6.18 Å². The van der Waals surface area contributed by atoms with Crippen LogP contribution in [0.3, 0.4) is 0 Å². The minimum atomic E-state index is -4.32. The molecule has 0 fully saturated rings. The zero-order chi connectivity index (χ0) is 18.5. The molecule has 0 saturated heterocycles. The van der Waals surface area contributed by atoms with Crippen molar-refractivity contribution in [2.24, 2.45) is 0 Å². The quantitative estimate of drug-likeness (QED) is 0.393. The van der Waals surface area contributed by atoms with E-state index in [9.17, 15) is 13.2 Å². The Morgan fingerprint density at radius 2 is 1.77 bits per heavy atom. The minimum Gasteiger partial charge on any atom is -0.251 e. The molecule has 2 aromatic carbocycles. The third-order valence-electron chi connectivity index (χ3n) is 4.14. The zero-order valence-electron chi connectivity index (χ0n) is 13.6. The standard InChI is InChI=1S/C19H12ClF3N2S/c1-10-17-18(14-9-13(20)6-7-15(14)24-10)26-16(25-17)8-11-2-4-12(5-3-11)19(21,22)23/h2-7,9H,8H2,1H3. The molecule has 0 radical (unpaired) electrons. The van der Waals surface area contributed by atoms with Gasteiger partial charge in [-0.2, -0.15) is 13.2 Å². The topological polar surface area (TPSA) is 25.8 Å². The van der Waals surface area contributed by atoms with Gasteiger partial charge in [-0.15, -0.1) is 11.3 Å². The van der Waals surface area contributed by atoms with Crippen molar-refractivity contribution in [1.29, 1.82) is 0 Å². The molecule has 0 unspecified atom stereocenters. The van der Waals surface area contributed by atoms with Gasteiger partial charge in [0, 0.05) is 16.8 Å². The monoisotopic (exact) mass is 392 g/mol. The lowest BCUT2D eigenvalue weighted by Gasteiger charge is -2.06. The Morgan fingerprint density at radius 1 is 1.04 bits per heavy atom. The molecular weight excluding hydrogens is 381 g/mol. The van der Waals surface area contributed by atoms with Crippen molar-refractivity contribution in [1.82, 2.24) is 9.97 Å². The number of fused-ring (bicyclic) bond motifs is 3. The molecule has 0 aliphatic rings. The van der Waals surface area contributed by atoms with Crippen LogP contribution in [0.2, 0.25) is 5.02 Å². The summed E-state index contributed by atoms with van der Waals surface area (Å²) in [6.45, 7) is 1.90. The summed E-state index contributed by atoms with van der Waals surface area (Å²) in [6.07, 6.45) is -3.85. The van der Waals surface area contributed by atoms with Crippen molar-refractivity contribution in [3.8, 4) is 0 Å². The van der Waals surface area contributed by atoms with Crippen molar-refractivity contribution in [2.45, 2.75) is 19.5 Å². The first-order valence-electron chi connectivity index (χ1n) is 7.83. The fourth-order valence-electron chi connectivity index (χ4n) is 2.88.